The molecular formula is C41H33N3. The third kappa shape index (κ3) is 3.47. The van der Waals surface area contributed by atoms with E-state index >= 15 is 0 Å². The van der Waals surface area contributed by atoms with Crippen molar-refractivity contribution in [3.05, 3.63) is 126 Å². The van der Waals surface area contributed by atoms with Gasteiger partial charge in [0.2, 0.25) is 0 Å². The average molecular weight is 568 g/mol. The van der Waals surface area contributed by atoms with Crippen molar-refractivity contribution in [2.75, 3.05) is 0 Å². The topological polar surface area (TPSA) is 38.7 Å². The molecule has 5 aromatic carbocycles. The van der Waals surface area contributed by atoms with E-state index in [9.17, 15) is 0 Å². The molecule has 44 heavy (non-hydrogen) atoms. The molecule has 5 aliphatic carbocycles. The fourth-order valence-corrected chi connectivity index (χ4v) is 9.98. The van der Waals surface area contributed by atoms with E-state index in [4.69, 9.17) is 15.0 Å². The van der Waals surface area contributed by atoms with Crippen molar-refractivity contribution in [2.45, 2.75) is 37.5 Å². The molecule has 0 amide bonds. The molecule has 11 rings (SSSR count). The summed E-state index contributed by atoms with van der Waals surface area (Å²) in [7, 11) is 0. The van der Waals surface area contributed by atoms with Crippen LogP contribution in [0.1, 0.15) is 43.2 Å². The maximum absolute atomic E-state index is 5.14. The van der Waals surface area contributed by atoms with Gasteiger partial charge in [-0.05, 0) is 101 Å². The fraction of sp³-hybridized carbons (Fsp3) is 0.244. The van der Waals surface area contributed by atoms with Crippen molar-refractivity contribution in [1.82, 2.24) is 15.0 Å². The summed E-state index contributed by atoms with van der Waals surface area (Å²) in [5, 5.41) is 2.40. The van der Waals surface area contributed by atoms with E-state index in [1.54, 1.807) is 11.1 Å². The van der Waals surface area contributed by atoms with Gasteiger partial charge in [-0.2, -0.15) is 0 Å². The minimum atomic E-state index is 0.169. The monoisotopic (exact) mass is 567 g/mol. The van der Waals surface area contributed by atoms with Crippen molar-refractivity contribution in [1.29, 1.82) is 0 Å². The molecule has 1 heterocycles. The number of hydrogen-bond donors (Lipinski definition) is 0. The molecule has 4 bridgehead atoms. The zero-order valence-electron chi connectivity index (χ0n) is 24.7. The number of aromatic nitrogens is 3. The quantitative estimate of drug-likeness (QED) is 0.214. The first-order valence-electron chi connectivity index (χ1n) is 16.3. The van der Waals surface area contributed by atoms with Crippen LogP contribution in [0.2, 0.25) is 0 Å². The Labute approximate surface area is 258 Å². The molecule has 1 aromatic heterocycles. The highest BCUT2D eigenvalue weighted by molar-refractivity contribution is 5.87. The Hall–Kier alpha value is -4.63. The van der Waals surface area contributed by atoms with E-state index in [0.717, 1.165) is 46.2 Å². The molecular weight excluding hydrogens is 534 g/mol. The lowest BCUT2D eigenvalue weighted by molar-refractivity contribution is -0.0399. The van der Waals surface area contributed by atoms with Crippen LogP contribution in [0.5, 0.6) is 0 Å². The SMILES string of the molecule is c1ccc(-c2nc(-c3ccc4c(c3)-c3ccccc3C43C4CC5CC(C4)CC3C5)nc(-c3ccc4ccccc4c3)n2)cc1. The van der Waals surface area contributed by atoms with Crippen molar-refractivity contribution >= 4 is 10.8 Å². The number of fused-ring (bicyclic) bond motifs is 4. The first-order valence-corrected chi connectivity index (χ1v) is 16.3. The third-order valence-corrected chi connectivity index (χ3v) is 11.5. The second-order valence-electron chi connectivity index (χ2n) is 13.7. The average Bonchev–Trinajstić information content (AvgIpc) is 3.37. The van der Waals surface area contributed by atoms with E-state index in [1.165, 1.54) is 54.0 Å². The minimum absolute atomic E-state index is 0.169. The maximum atomic E-state index is 5.14. The minimum Gasteiger partial charge on any atom is -0.208 e. The number of rotatable bonds is 3. The van der Waals surface area contributed by atoms with Gasteiger partial charge in [0.05, 0.1) is 0 Å². The third-order valence-electron chi connectivity index (χ3n) is 11.5. The molecule has 4 saturated carbocycles. The summed E-state index contributed by atoms with van der Waals surface area (Å²) in [5.41, 5.74) is 9.18. The molecule has 5 aliphatic rings. The Morgan fingerprint density at radius 3 is 1.75 bits per heavy atom. The first-order chi connectivity index (χ1) is 21.7. The van der Waals surface area contributed by atoms with Gasteiger partial charge in [-0.1, -0.05) is 103 Å². The van der Waals surface area contributed by atoms with Gasteiger partial charge in [-0.3, -0.25) is 0 Å². The van der Waals surface area contributed by atoms with Crippen LogP contribution >= 0.6 is 0 Å². The number of nitrogens with zero attached hydrogens (tertiary/aromatic N) is 3. The van der Waals surface area contributed by atoms with Crippen LogP contribution < -0.4 is 0 Å². The predicted molar refractivity (Wildman–Crippen MR) is 177 cm³/mol. The second kappa shape index (κ2) is 9.19. The summed E-state index contributed by atoms with van der Waals surface area (Å²) in [6, 6.07) is 41.7. The summed E-state index contributed by atoms with van der Waals surface area (Å²) in [6.07, 6.45) is 7.05. The van der Waals surface area contributed by atoms with Crippen LogP contribution in [-0.4, -0.2) is 15.0 Å². The second-order valence-corrected chi connectivity index (χ2v) is 13.7. The standard InChI is InChI=1S/C41H33N3/c1-2-9-28(10-3-1)38-42-39(30-15-14-27-8-4-5-11-29(27)23-30)44-40(43-38)31-16-17-37-35(24-31)34-12-6-7-13-36(34)41(37)32-19-25-18-26(21-32)22-33(41)20-25/h1-17,23-26,32-33H,18-22H2. The smallest absolute Gasteiger partial charge is 0.164 e. The molecule has 1 spiro atoms. The maximum Gasteiger partial charge on any atom is 0.164 e. The zero-order chi connectivity index (χ0) is 28.8. The van der Waals surface area contributed by atoms with Gasteiger partial charge < -0.3 is 0 Å². The Kier molecular flexibility index (Phi) is 5.17. The summed E-state index contributed by atoms with van der Waals surface area (Å²) >= 11 is 0. The van der Waals surface area contributed by atoms with Crippen LogP contribution in [0, 0.1) is 23.7 Å². The Balaban J connectivity index is 1.16. The van der Waals surface area contributed by atoms with E-state index in [-0.39, 0.29) is 5.41 Å². The van der Waals surface area contributed by atoms with Crippen molar-refractivity contribution in [3.8, 4) is 45.3 Å². The summed E-state index contributed by atoms with van der Waals surface area (Å²) in [4.78, 5) is 15.3. The van der Waals surface area contributed by atoms with Crippen molar-refractivity contribution < 1.29 is 0 Å². The largest absolute Gasteiger partial charge is 0.208 e. The normalized spacial score (nSPS) is 25.8. The van der Waals surface area contributed by atoms with Crippen LogP contribution in [0.15, 0.2) is 115 Å². The highest BCUT2D eigenvalue weighted by Gasteiger charge is 2.61. The predicted octanol–water partition coefficient (Wildman–Crippen LogP) is 9.75. The van der Waals surface area contributed by atoms with E-state index < -0.39 is 0 Å². The molecule has 212 valence electrons. The molecule has 0 N–H and O–H groups in total. The van der Waals surface area contributed by atoms with Gasteiger partial charge in [0.15, 0.2) is 17.5 Å². The molecule has 3 heteroatoms. The highest BCUT2D eigenvalue weighted by atomic mass is 15.0. The Bertz CT molecular complexity index is 2070. The van der Waals surface area contributed by atoms with E-state index in [1.807, 2.05) is 18.2 Å². The van der Waals surface area contributed by atoms with Crippen LogP contribution in [0.4, 0.5) is 0 Å². The van der Waals surface area contributed by atoms with Crippen molar-refractivity contribution in [2.24, 2.45) is 23.7 Å². The lowest BCUT2D eigenvalue weighted by Gasteiger charge is -2.61. The Morgan fingerprint density at radius 2 is 1.00 bits per heavy atom. The number of benzene rings is 5. The lowest BCUT2D eigenvalue weighted by Crippen LogP contribution is -2.55. The van der Waals surface area contributed by atoms with Crippen LogP contribution in [0.25, 0.3) is 56.1 Å². The van der Waals surface area contributed by atoms with Gasteiger partial charge in [0.1, 0.15) is 0 Å². The molecule has 0 saturated heterocycles. The first kappa shape index (κ1) is 24.8. The van der Waals surface area contributed by atoms with Gasteiger partial charge in [0.25, 0.3) is 0 Å². The molecule has 6 aromatic rings. The summed E-state index contributed by atoms with van der Waals surface area (Å²) < 4.78 is 0. The molecule has 3 nitrogen and oxygen atoms in total. The van der Waals surface area contributed by atoms with Gasteiger partial charge >= 0.3 is 0 Å². The Morgan fingerprint density at radius 1 is 0.432 bits per heavy atom. The van der Waals surface area contributed by atoms with Crippen LogP contribution in [0.3, 0.4) is 0 Å². The lowest BCUT2D eigenvalue weighted by atomic mass is 9.43. The molecule has 0 radical (unpaired) electrons. The van der Waals surface area contributed by atoms with Gasteiger partial charge in [-0.25, -0.2) is 15.0 Å². The van der Waals surface area contributed by atoms with Crippen molar-refractivity contribution in [3.63, 3.8) is 0 Å². The molecule has 0 unspecified atom stereocenters. The van der Waals surface area contributed by atoms with Gasteiger partial charge in [-0.15, -0.1) is 0 Å². The van der Waals surface area contributed by atoms with Crippen LogP contribution in [-0.2, 0) is 5.41 Å². The zero-order valence-corrected chi connectivity index (χ0v) is 24.7. The fourth-order valence-electron chi connectivity index (χ4n) is 9.98. The molecule has 0 atom stereocenters. The van der Waals surface area contributed by atoms with E-state index in [0.29, 0.717) is 11.6 Å². The summed E-state index contributed by atoms with van der Waals surface area (Å²) in [5.74, 6) is 5.53. The number of hydrogen-bond acceptors (Lipinski definition) is 3. The highest BCUT2D eigenvalue weighted by Crippen LogP contribution is 2.69. The molecule has 4 fully saturated rings. The van der Waals surface area contributed by atoms with E-state index in [2.05, 4.69) is 97.1 Å². The van der Waals surface area contributed by atoms with Gasteiger partial charge in [0, 0.05) is 22.1 Å². The molecule has 0 aliphatic heterocycles. The summed E-state index contributed by atoms with van der Waals surface area (Å²) in [6.45, 7) is 0.